The molecule has 3 aromatic carbocycles. The van der Waals surface area contributed by atoms with Gasteiger partial charge in [-0.05, 0) is 67.3 Å². The number of benzene rings is 3. The number of para-hydroxylation sites is 1. The van der Waals surface area contributed by atoms with Gasteiger partial charge in [0.1, 0.15) is 11.5 Å². The van der Waals surface area contributed by atoms with E-state index in [9.17, 15) is 24.3 Å². The molecule has 0 aromatic heterocycles. The van der Waals surface area contributed by atoms with E-state index in [1.807, 2.05) is 36.4 Å². The van der Waals surface area contributed by atoms with Crippen LogP contribution in [0.2, 0.25) is 0 Å². The summed E-state index contributed by atoms with van der Waals surface area (Å²) < 4.78 is 5.61. The number of carbonyl (C=O) groups excluding carboxylic acids is 4. The highest BCUT2D eigenvalue weighted by Crippen LogP contribution is 2.67. The number of fused-ring (bicyclic) bond motifs is 4. The molecule has 0 bridgehead atoms. The highest BCUT2D eigenvalue weighted by molar-refractivity contribution is 9.09. The second-order valence-corrected chi connectivity index (χ2v) is 13.7. The van der Waals surface area contributed by atoms with Gasteiger partial charge in [0.2, 0.25) is 11.8 Å². The van der Waals surface area contributed by atoms with E-state index >= 15 is 0 Å². The minimum atomic E-state index is -2.05. The molecule has 9 nitrogen and oxygen atoms in total. The van der Waals surface area contributed by atoms with Crippen LogP contribution in [0, 0.1) is 17.8 Å². The molecule has 4 amide bonds. The number of nitrogens with zero attached hydrogens (tertiary/aromatic N) is 2. The van der Waals surface area contributed by atoms with E-state index in [4.69, 9.17) is 27.9 Å². The van der Waals surface area contributed by atoms with Crippen molar-refractivity contribution in [2.24, 2.45) is 17.8 Å². The molecule has 0 spiro atoms. The number of rotatable bonds is 6. The maximum atomic E-state index is 14.3. The van der Waals surface area contributed by atoms with Gasteiger partial charge in [-0.3, -0.25) is 29.0 Å². The summed E-state index contributed by atoms with van der Waals surface area (Å²) in [4.78, 5) is 54.2. The van der Waals surface area contributed by atoms with E-state index in [0.29, 0.717) is 11.3 Å². The number of carbonyl (C=O) groups is 4. The molecule has 3 aromatic rings. The van der Waals surface area contributed by atoms with Crippen LogP contribution in [0.3, 0.4) is 0 Å². The summed E-state index contributed by atoms with van der Waals surface area (Å²) in [6.45, 7) is 0. The van der Waals surface area contributed by atoms with Crippen LogP contribution in [-0.4, -0.2) is 55.9 Å². The Bertz CT molecular complexity index is 1820. The van der Waals surface area contributed by atoms with Crippen LogP contribution >= 0.6 is 39.1 Å². The molecule has 7 rings (SSSR count). The Labute approximate surface area is 283 Å². The van der Waals surface area contributed by atoms with Crippen molar-refractivity contribution in [1.29, 1.82) is 0 Å². The minimum absolute atomic E-state index is 0.145. The summed E-state index contributed by atoms with van der Waals surface area (Å²) in [5.41, 5.74) is 2.70. The topological polar surface area (TPSA) is 116 Å². The lowest BCUT2D eigenvalue weighted by Gasteiger charge is -2.50. The number of imide groups is 2. The van der Waals surface area contributed by atoms with E-state index in [1.165, 1.54) is 18.1 Å². The molecule has 12 heteroatoms. The summed E-state index contributed by atoms with van der Waals surface area (Å²) >= 11 is 17.8. The first-order chi connectivity index (χ1) is 22.1. The third-order valence-corrected chi connectivity index (χ3v) is 11.7. The Kier molecular flexibility index (Phi) is 7.45. The zero-order valence-corrected chi connectivity index (χ0v) is 27.6. The number of anilines is 3. The lowest BCUT2D eigenvalue weighted by Crippen LogP contribution is -2.60. The summed E-state index contributed by atoms with van der Waals surface area (Å²) in [6.07, 6.45) is 1.86. The Balaban J connectivity index is 1.30. The SMILES string of the molecule is COc1cccc(O)c1[C@H]1C2=CC[C@@H]3C(=O)N(c4ccc(Nc5ccccc5)cc4)C(=O)[C@@H]3[C@@H]2C[C@@]2(Cl)C(=O)N(CBr)C(=O)[C@@]12Cl. The quantitative estimate of drug-likeness (QED) is 0.138. The van der Waals surface area contributed by atoms with E-state index in [0.717, 1.165) is 16.3 Å². The molecule has 2 saturated heterocycles. The molecule has 2 aliphatic heterocycles. The molecule has 4 aliphatic rings. The van der Waals surface area contributed by atoms with E-state index in [2.05, 4.69) is 21.2 Å². The third-order valence-electron chi connectivity index (χ3n) is 9.75. The van der Waals surface area contributed by atoms with Gasteiger partial charge in [-0.1, -0.05) is 51.8 Å². The summed E-state index contributed by atoms with van der Waals surface area (Å²) in [7, 11) is 1.42. The summed E-state index contributed by atoms with van der Waals surface area (Å²) in [6, 6.07) is 21.3. The summed E-state index contributed by atoms with van der Waals surface area (Å²) in [5, 5.41) is 14.5. The standard InChI is InChI=1S/C34H28BrCl2N3O6/c1-46-25-9-5-8-24(41)27(25)28-21-14-15-22-26(23(21)16-33(36)31(44)39(17-35)32(45)34(28,33)37)30(43)40(29(22)42)20-12-10-19(11-13-20)38-18-6-3-2-4-7-18/h2-14,22-23,26,28,38,41H,15-17H2,1H3/t22-,23+,26-,28+,33+,34-/m0/s1. The Morgan fingerprint density at radius 1 is 0.913 bits per heavy atom. The molecule has 2 heterocycles. The van der Waals surface area contributed by atoms with Crippen molar-refractivity contribution in [3.63, 3.8) is 0 Å². The van der Waals surface area contributed by atoms with Gasteiger partial charge in [0.15, 0.2) is 9.75 Å². The number of halogens is 3. The summed E-state index contributed by atoms with van der Waals surface area (Å²) in [5.74, 6) is -5.61. The zero-order valence-electron chi connectivity index (χ0n) is 24.5. The van der Waals surface area contributed by atoms with Gasteiger partial charge < -0.3 is 15.2 Å². The first-order valence-electron chi connectivity index (χ1n) is 14.7. The minimum Gasteiger partial charge on any atom is -0.508 e. The number of ether oxygens (including phenoxy) is 1. The molecule has 2 N–H and O–H groups in total. The van der Waals surface area contributed by atoms with Crippen LogP contribution in [0.25, 0.3) is 0 Å². The number of amides is 4. The number of aromatic hydroxyl groups is 1. The number of alkyl halides is 3. The molecule has 0 unspecified atom stereocenters. The smallest absolute Gasteiger partial charge is 0.254 e. The van der Waals surface area contributed by atoms with Crippen LogP contribution in [0.15, 0.2) is 84.4 Å². The highest BCUT2D eigenvalue weighted by atomic mass is 79.9. The van der Waals surface area contributed by atoms with Crippen molar-refractivity contribution in [2.75, 3.05) is 22.8 Å². The molecule has 236 valence electrons. The van der Waals surface area contributed by atoms with Gasteiger partial charge in [-0.15, -0.1) is 23.2 Å². The van der Waals surface area contributed by atoms with Crippen molar-refractivity contribution in [3.8, 4) is 11.5 Å². The highest BCUT2D eigenvalue weighted by Gasteiger charge is 2.76. The van der Waals surface area contributed by atoms with Gasteiger partial charge in [-0.25, -0.2) is 0 Å². The first kappa shape index (κ1) is 30.8. The fraction of sp³-hybridized carbons (Fsp3) is 0.294. The number of nitrogens with one attached hydrogen (secondary N) is 1. The maximum Gasteiger partial charge on any atom is 0.254 e. The fourth-order valence-corrected chi connectivity index (χ4v) is 9.12. The van der Waals surface area contributed by atoms with Crippen LogP contribution in [0.4, 0.5) is 17.1 Å². The zero-order chi connectivity index (χ0) is 32.5. The largest absolute Gasteiger partial charge is 0.508 e. The lowest BCUT2D eigenvalue weighted by atomic mass is 9.56. The fourth-order valence-electron chi connectivity index (χ4n) is 7.71. The van der Waals surface area contributed by atoms with Crippen LogP contribution < -0.4 is 15.0 Å². The predicted octanol–water partition coefficient (Wildman–Crippen LogP) is 6.06. The Morgan fingerprint density at radius 2 is 1.61 bits per heavy atom. The lowest BCUT2D eigenvalue weighted by molar-refractivity contribution is -0.138. The van der Waals surface area contributed by atoms with Crippen molar-refractivity contribution < 1.29 is 29.0 Å². The Morgan fingerprint density at radius 3 is 2.28 bits per heavy atom. The molecular formula is C34H28BrCl2N3O6. The molecule has 2 aliphatic carbocycles. The number of hydrogen-bond acceptors (Lipinski definition) is 7. The van der Waals surface area contributed by atoms with Gasteiger partial charge in [0.25, 0.3) is 11.8 Å². The molecule has 0 radical (unpaired) electrons. The second-order valence-electron chi connectivity index (χ2n) is 11.9. The van der Waals surface area contributed by atoms with E-state index < -0.39 is 51.1 Å². The van der Waals surface area contributed by atoms with Crippen molar-refractivity contribution in [3.05, 3.63) is 90.0 Å². The van der Waals surface area contributed by atoms with Gasteiger partial charge >= 0.3 is 0 Å². The second kappa shape index (κ2) is 11.1. The number of allylic oxidation sites excluding steroid dienone is 2. The van der Waals surface area contributed by atoms with Crippen LogP contribution in [0.5, 0.6) is 11.5 Å². The van der Waals surface area contributed by atoms with E-state index in [1.54, 1.807) is 36.4 Å². The average Bonchev–Trinajstić information content (AvgIpc) is 3.39. The number of phenols is 1. The van der Waals surface area contributed by atoms with Gasteiger partial charge in [-0.2, -0.15) is 0 Å². The molecule has 3 fully saturated rings. The average molecular weight is 725 g/mol. The maximum absolute atomic E-state index is 14.3. The molecule has 1 saturated carbocycles. The predicted molar refractivity (Wildman–Crippen MR) is 177 cm³/mol. The van der Waals surface area contributed by atoms with E-state index in [-0.39, 0.29) is 41.3 Å². The van der Waals surface area contributed by atoms with Crippen LogP contribution in [0.1, 0.15) is 24.3 Å². The molecule has 46 heavy (non-hydrogen) atoms. The van der Waals surface area contributed by atoms with Crippen molar-refractivity contribution in [1.82, 2.24) is 4.90 Å². The van der Waals surface area contributed by atoms with Gasteiger partial charge in [0.05, 0.1) is 30.1 Å². The number of hydrogen-bond donors (Lipinski definition) is 2. The third kappa shape index (κ3) is 4.19. The van der Waals surface area contributed by atoms with Crippen LogP contribution in [-0.2, 0) is 19.2 Å². The normalized spacial score (nSPS) is 30.1. The molecular weight excluding hydrogens is 697 g/mol. The van der Waals surface area contributed by atoms with Crippen molar-refractivity contribution >= 4 is 79.8 Å². The van der Waals surface area contributed by atoms with Crippen molar-refractivity contribution in [2.45, 2.75) is 28.5 Å². The Hall–Kier alpha value is -3.86. The number of methoxy groups -OCH3 is 1. The molecule has 6 atom stereocenters. The van der Waals surface area contributed by atoms with Gasteiger partial charge in [0, 0.05) is 22.9 Å². The number of phenolic OH excluding ortho intramolecular Hbond substituents is 1. The first-order valence-corrected chi connectivity index (χ1v) is 16.6. The monoisotopic (exact) mass is 723 g/mol. The number of likely N-dealkylation sites (tertiary alicyclic amines) is 1.